The number of pyridine rings is 1. The average molecular weight is 956 g/mol. The minimum Gasteiger partial charge on any atom is -0.493 e. The van der Waals surface area contributed by atoms with Crippen LogP contribution in [0, 0.1) is 20.8 Å². The third kappa shape index (κ3) is 11.2. The van der Waals surface area contributed by atoms with Gasteiger partial charge in [-0.25, -0.2) is 0 Å². The summed E-state index contributed by atoms with van der Waals surface area (Å²) in [5, 5.41) is 3.06. The second-order valence-electron chi connectivity index (χ2n) is 19.4. The van der Waals surface area contributed by atoms with Gasteiger partial charge in [-0.15, -0.1) is 0 Å². The monoisotopic (exact) mass is 956 g/mol. The molecule has 0 bridgehead atoms. The quantitative estimate of drug-likeness (QED) is 0.0751. The van der Waals surface area contributed by atoms with Gasteiger partial charge in [0.25, 0.3) is 29.2 Å². The van der Waals surface area contributed by atoms with E-state index in [1.807, 2.05) is 32.9 Å². The van der Waals surface area contributed by atoms with Gasteiger partial charge in [0.2, 0.25) is 5.91 Å². The fraction of sp³-hybridized carbons (Fsp3) is 0.491. The Kier molecular flexibility index (Phi) is 16.3. The van der Waals surface area contributed by atoms with Crippen LogP contribution in [0.15, 0.2) is 65.5 Å². The number of carbonyl (C=O) groups excluding carboxylic acids is 5. The summed E-state index contributed by atoms with van der Waals surface area (Å²) in [6.07, 6.45) is 7.23. The molecule has 0 spiro atoms. The molecule has 372 valence electrons. The molecule has 70 heavy (non-hydrogen) atoms. The van der Waals surface area contributed by atoms with Gasteiger partial charge in [0, 0.05) is 101 Å². The lowest BCUT2D eigenvalue weighted by molar-refractivity contribution is -0.149. The standard InChI is InChI=1S/C55H69N7O8/c1-6-61(42-21-29-69-30-22-42)47-33-41(32-44(38(47)4)51(64)56-34-45-36(2)31-37(3)57-52(45)65)40-17-15-39(16-18-40)35-60-26-24-59(25-27-60)23-10-8-7-9-11-28-70-48-14-12-13-43-50(48)55(68)62(53(43)66)46-19-20-49(63)58(5)54(46)67/h12-18,31-33,42,46H,6-11,19-30,34-35H2,1-5H3,(H,56,64)(H,57,65). The minimum absolute atomic E-state index is 0.0988. The maximum Gasteiger partial charge on any atom is 0.266 e. The molecule has 8 rings (SSSR count). The van der Waals surface area contributed by atoms with Crippen LogP contribution in [0.3, 0.4) is 0 Å². The highest BCUT2D eigenvalue weighted by molar-refractivity contribution is 6.24. The van der Waals surface area contributed by atoms with E-state index in [2.05, 4.69) is 62.3 Å². The van der Waals surface area contributed by atoms with Crippen LogP contribution in [0.4, 0.5) is 5.69 Å². The Bertz CT molecular complexity index is 2630. The Morgan fingerprint density at radius 2 is 1.54 bits per heavy atom. The number of nitrogens with zero attached hydrogens (tertiary/aromatic N) is 5. The van der Waals surface area contributed by atoms with E-state index < -0.39 is 23.8 Å². The highest BCUT2D eigenvalue weighted by Gasteiger charge is 2.47. The number of benzene rings is 3. The number of H-pyrrole nitrogens is 1. The van der Waals surface area contributed by atoms with Crippen molar-refractivity contribution in [1.29, 1.82) is 0 Å². The van der Waals surface area contributed by atoms with E-state index in [1.54, 1.807) is 18.2 Å². The molecular formula is C55H69N7O8. The summed E-state index contributed by atoms with van der Waals surface area (Å²) in [7, 11) is 1.38. The van der Waals surface area contributed by atoms with Crippen molar-refractivity contribution in [3.8, 4) is 16.9 Å². The van der Waals surface area contributed by atoms with Crippen LogP contribution < -0.4 is 20.5 Å². The van der Waals surface area contributed by atoms with Crippen molar-refractivity contribution >= 4 is 35.2 Å². The maximum atomic E-state index is 14.0. The van der Waals surface area contributed by atoms with E-state index in [0.29, 0.717) is 29.5 Å². The van der Waals surface area contributed by atoms with Crippen molar-refractivity contribution in [3.05, 3.63) is 116 Å². The van der Waals surface area contributed by atoms with Gasteiger partial charge in [-0.2, -0.15) is 0 Å². The Labute approximate surface area is 411 Å². The number of amides is 5. The molecule has 0 saturated carbocycles. The number of imide groups is 2. The molecule has 15 heteroatoms. The zero-order chi connectivity index (χ0) is 49.5. The fourth-order valence-corrected chi connectivity index (χ4v) is 10.6. The molecule has 0 radical (unpaired) electrons. The molecule has 0 aliphatic carbocycles. The summed E-state index contributed by atoms with van der Waals surface area (Å²) < 4.78 is 11.7. The van der Waals surface area contributed by atoms with E-state index >= 15 is 0 Å². The predicted octanol–water partition coefficient (Wildman–Crippen LogP) is 6.79. The number of piperidine rings is 1. The zero-order valence-electron chi connectivity index (χ0n) is 41.6. The van der Waals surface area contributed by atoms with E-state index in [9.17, 15) is 28.8 Å². The van der Waals surface area contributed by atoms with Crippen LogP contribution in [-0.4, -0.2) is 132 Å². The summed E-state index contributed by atoms with van der Waals surface area (Å²) in [6, 6.07) is 19.2. The number of aryl methyl sites for hydroxylation is 2. The number of fused-ring (bicyclic) bond motifs is 1. The van der Waals surface area contributed by atoms with Gasteiger partial charge in [-0.1, -0.05) is 49.6 Å². The van der Waals surface area contributed by atoms with Gasteiger partial charge in [0.1, 0.15) is 11.8 Å². The number of carbonyl (C=O) groups is 5. The number of aromatic amines is 1. The van der Waals surface area contributed by atoms with Crippen molar-refractivity contribution in [2.45, 2.75) is 111 Å². The molecule has 4 aliphatic rings. The number of ether oxygens (including phenoxy) is 2. The van der Waals surface area contributed by atoms with E-state index in [-0.39, 0.29) is 47.9 Å². The normalized spacial score (nSPS) is 18.2. The molecular weight excluding hydrogens is 887 g/mol. The average Bonchev–Trinajstić information content (AvgIpc) is 3.61. The number of hydrogen-bond acceptors (Lipinski definition) is 11. The van der Waals surface area contributed by atoms with Crippen LogP contribution in [-0.2, 0) is 27.4 Å². The number of unbranched alkanes of at least 4 members (excludes halogenated alkanes) is 4. The third-order valence-electron chi connectivity index (χ3n) is 14.7. The summed E-state index contributed by atoms with van der Waals surface area (Å²) in [4.78, 5) is 90.7. The van der Waals surface area contributed by atoms with Crippen molar-refractivity contribution in [2.75, 3.05) is 71.0 Å². The first-order chi connectivity index (χ1) is 33.8. The Morgan fingerprint density at radius 1 is 0.829 bits per heavy atom. The highest BCUT2D eigenvalue weighted by atomic mass is 16.5. The summed E-state index contributed by atoms with van der Waals surface area (Å²) >= 11 is 0. The van der Waals surface area contributed by atoms with Crippen LogP contribution in [0.25, 0.3) is 11.1 Å². The van der Waals surface area contributed by atoms with Crippen molar-refractivity contribution in [1.82, 2.24) is 29.9 Å². The summed E-state index contributed by atoms with van der Waals surface area (Å²) in [5.74, 6) is -1.78. The Balaban J connectivity index is 0.787. The molecule has 1 atom stereocenters. The smallest absolute Gasteiger partial charge is 0.266 e. The molecule has 4 aromatic rings. The first-order valence-electron chi connectivity index (χ1n) is 25.3. The highest BCUT2D eigenvalue weighted by Crippen LogP contribution is 2.36. The van der Waals surface area contributed by atoms with Crippen LogP contribution in [0.1, 0.15) is 124 Å². The molecule has 5 amide bonds. The van der Waals surface area contributed by atoms with Gasteiger partial charge in [0.15, 0.2) is 0 Å². The SMILES string of the molecule is CCN(c1cc(-c2ccc(CN3CCN(CCCCCCCOc4cccc5c4C(=O)N(C4CCC(=O)N(C)C4=O)C5=O)CC3)cc2)cc(C(=O)NCc2c(C)cc(C)[nH]c2=O)c1C)C1CCOCC1. The summed E-state index contributed by atoms with van der Waals surface area (Å²) in [5.41, 5.74) is 8.33. The number of anilines is 1. The fourth-order valence-electron chi connectivity index (χ4n) is 10.6. The zero-order valence-corrected chi connectivity index (χ0v) is 41.6. The van der Waals surface area contributed by atoms with Crippen molar-refractivity contribution < 1.29 is 33.4 Å². The van der Waals surface area contributed by atoms with Gasteiger partial charge in [-0.05, 0) is 124 Å². The number of likely N-dealkylation sites (tertiary alicyclic amines) is 1. The molecule has 4 aliphatic heterocycles. The lowest BCUT2D eigenvalue weighted by Gasteiger charge is -2.37. The summed E-state index contributed by atoms with van der Waals surface area (Å²) in [6.45, 7) is 16.8. The first-order valence-corrected chi connectivity index (χ1v) is 25.3. The van der Waals surface area contributed by atoms with Gasteiger partial charge >= 0.3 is 0 Å². The number of rotatable bonds is 19. The predicted molar refractivity (Wildman–Crippen MR) is 269 cm³/mol. The van der Waals surface area contributed by atoms with E-state index in [0.717, 1.165) is 147 Å². The Hall–Kier alpha value is -6.16. The molecule has 1 unspecified atom stereocenters. The molecule has 3 aromatic carbocycles. The molecule has 3 saturated heterocycles. The largest absolute Gasteiger partial charge is 0.493 e. The molecule has 5 heterocycles. The Morgan fingerprint density at radius 3 is 2.27 bits per heavy atom. The molecule has 15 nitrogen and oxygen atoms in total. The first kappa shape index (κ1) is 50.2. The van der Waals surface area contributed by atoms with Crippen LogP contribution in [0.5, 0.6) is 5.75 Å². The number of hydrogen-bond donors (Lipinski definition) is 2. The number of piperazine rings is 1. The maximum absolute atomic E-state index is 14.0. The third-order valence-corrected chi connectivity index (χ3v) is 14.7. The molecule has 3 fully saturated rings. The second-order valence-corrected chi connectivity index (χ2v) is 19.4. The van der Waals surface area contributed by atoms with E-state index in [4.69, 9.17) is 9.47 Å². The second kappa shape index (κ2) is 22.7. The number of nitrogens with one attached hydrogen (secondary N) is 2. The number of aromatic nitrogens is 1. The topological polar surface area (TPSA) is 165 Å². The van der Waals surface area contributed by atoms with Crippen molar-refractivity contribution in [3.63, 3.8) is 0 Å². The lowest BCUT2D eigenvalue weighted by Crippen LogP contribution is -2.54. The lowest BCUT2D eigenvalue weighted by atomic mass is 9.94. The van der Waals surface area contributed by atoms with Crippen molar-refractivity contribution in [2.24, 2.45) is 0 Å². The van der Waals surface area contributed by atoms with Crippen LogP contribution in [0.2, 0.25) is 0 Å². The van der Waals surface area contributed by atoms with Gasteiger partial charge < -0.3 is 29.6 Å². The molecule has 1 aromatic heterocycles. The van der Waals surface area contributed by atoms with Gasteiger partial charge in [-0.3, -0.25) is 43.5 Å². The van der Waals surface area contributed by atoms with Gasteiger partial charge in [0.05, 0.1) is 17.7 Å². The van der Waals surface area contributed by atoms with Crippen LogP contribution >= 0.6 is 0 Å². The van der Waals surface area contributed by atoms with E-state index in [1.165, 1.54) is 12.6 Å². The minimum atomic E-state index is -0.993. The molecule has 2 N–H and O–H groups in total. The number of likely N-dealkylation sites (N-methyl/N-ethyl adjacent to an activating group) is 1.